The third kappa shape index (κ3) is 3.54. The van der Waals surface area contributed by atoms with E-state index >= 15 is 0 Å². The van der Waals surface area contributed by atoms with Crippen molar-refractivity contribution in [3.05, 3.63) is 58.9 Å². The van der Waals surface area contributed by atoms with Gasteiger partial charge in [-0.15, -0.1) is 11.6 Å². The average molecular weight is 347 g/mol. The van der Waals surface area contributed by atoms with Crippen molar-refractivity contribution in [1.29, 1.82) is 0 Å². The molecule has 0 saturated heterocycles. The van der Waals surface area contributed by atoms with E-state index in [1.165, 1.54) is 12.2 Å². The summed E-state index contributed by atoms with van der Waals surface area (Å²) in [5.74, 6) is -3.26. The van der Waals surface area contributed by atoms with E-state index in [0.29, 0.717) is 6.07 Å². The first-order chi connectivity index (χ1) is 10.3. The maximum absolute atomic E-state index is 13.5. The number of halogens is 4. The summed E-state index contributed by atoms with van der Waals surface area (Å²) in [7, 11) is 0. The van der Waals surface area contributed by atoms with E-state index in [2.05, 4.69) is 0 Å². The predicted octanol–water partition coefficient (Wildman–Crippen LogP) is 3.95. The van der Waals surface area contributed by atoms with Crippen molar-refractivity contribution in [2.75, 3.05) is 0 Å². The minimum absolute atomic E-state index is 0.0452. The molecule has 2 rings (SSSR count). The highest BCUT2D eigenvalue weighted by Crippen LogP contribution is 2.29. The molecule has 0 saturated carbocycles. The molecule has 0 spiro atoms. The minimum Gasteiger partial charge on any atom is -0.422 e. The minimum atomic E-state index is -1.15. The molecule has 2 unspecified atom stereocenters. The number of rotatable bonds is 3. The molecule has 1 aromatic carbocycles. The van der Waals surface area contributed by atoms with Gasteiger partial charge in [0.2, 0.25) is 0 Å². The zero-order chi connectivity index (χ0) is 16.4. The van der Waals surface area contributed by atoms with E-state index in [4.69, 9.17) is 27.9 Å². The number of alkyl halides is 1. The van der Waals surface area contributed by atoms with Crippen LogP contribution in [0.15, 0.2) is 41.7 Å². The molecular formula is C15H10Cl2F2O3. The molecule has 0 aromatic heterocycles. The van der Waals surface area contributed by atoms with Gasteiger partial charge >= 0.3 is 5.97 Å². The standard InChI is InChI=1S/C15H10Cl2F2O3/c1-7-4-10(14(17)20)13(6-11(7)16)22-15(21)9-5-8(18)2-3-12(9)19/h2-7,11H,1H3. The van der Waals surface area contributed by atoms with Crippen molar-refractivity contribution in [2.45, 2.75) is 12.3 Å². The second-order valence-corrected chi connectivity index (χ2v) is 5.55. The SMILES string of the molecule is CC1C=C(C(=O)Cl)C(OC(=O)c2cc(F)ccc2F)=CC1Cl. The fourth-order valence-electron chi connectivity index (χ4n) is 1.88. The van der Waals surface area contributed by atoms with Gasteiger partial charge in [-0.1, -0.05) is 13.0 Å². The number of hydrogen-bond donors (Lipinski definition) is 0. The first kappa shape index (κ1) is 16.6. The van der Waals surface area contributed by atoms with Gasteiger partial charge in [-0.25, -0.2) is 13.6 Å². The number of carbonyl (C=O) groups excluding carboxylic acids is 2. The van der Waals surface area contributed by atoms with Crippen LogP contribution in [-0.2, 0) is 9.53 Å². The van der Waals surface area contributed by atoms with Gasteiger partial charge < -0.3 is 4.74 Å². The quantitative estimate of drug-likeness (QED) is 0.472. The molecule has 0 bridgehead atoms. The summed E-state index contributed by atoms with van der Waals surface area (Å²) in [6.07, 6.45) is 2.79. The third-order valence-corrected chi connectivity index (χ3v) is 3.80. The second-order valence-electron chi connectivity index (χ2n) is 4.70. The number of carbonyl (C=O) groups is 2. The highest BCUT2D eigenvalue weighted by Gasteiger charge is 2.27. The first-order valence-electron chi connectivity index (χ1n) is 6.24. The van der Waals surface area contributed by atoms with Gasteiger partial charge in [0.25, 0.3) is 5.24 Å². The van der Waals surface area contributed by atoms with Crippen molar-refractivity contribution in [3.63, 3.8) is 0 Å². The molecule has 0 N–H and O–H groups in total. The third-order valence-electron chi connectivity index (χ3n) is 3.07. The van der Waals surface area contributed by atoms with Gasteiger partial charge in [0.15, 0.2) is 0 Å². The molecule has 1 aliphatic carbocycles. The summed E-state index contributed by atoms with van der Waals surface area (Å²) in [4.78, 5) is 23.3. The molecule has 3 nitrogen and oxygen atoms in total. The van der Waals surface area contributed by atoms with Gasteiger partial charge in [0.1, 0.15) is 17.4 Å². The second kappa shape index (κ2) is 6.58. The van der Waals surface area contributed by atoms with Crippen LogP contribution in [0.5, 0.6) is 0 Å². The number of esters is 1. The summed E-state index contributed by atoms with van der Waals surface area (Å²) in [5.41, 5.74) is -0.636. The van der Waals surface area contributed by atoms with E-state index in [9.17, 15) is 18.4 Å². The lowest BCUT2D eigenvalue weighted by molar-refractivity contribution is -0.108. The number of benzene rings is 1. The number of hydrogen-bond acceptors (Lipinski definition) is 3. The number of ether oxygens (including phenoxy) is 1. The monoisotopic (exact) mass is 346 g/mol. The summed E-state index contributed by atoms with van der Waals surface area (Å²) >= 11 is 11.5. The molecular weight excluding hydrogens is 337 g/mol. The summed E-state index contributed by atoms with van der Waals surface area (Å²) < 4.78 is 31.6. The molecule has 7 heteroatoms. The van der Waals surface area contributed by atoms with Crippen molar-refractivity contribution < 1.29 is 23.1 Å². The average Bonchev–Trinajstić information content (AvgIpc) is 2.44. The smallest absolute Gasteiger partial charge is 0.346 e. The van der Waals surface area contributed by atoms with E-state index in [1.54, 1.807) is 6.92 Å². The van der Waals surface area contributed by atoms with Crippen LogP contribution in [-0.4, -0.2) is 16.6 Å². The molecule has 0 amide bonds. The highest BCUT2D eigenvalue weighted by molar-refractivity contribution is 6.68. The summed E-state index contributed by atoms with van der Waals surface area (Å²) in [6, 6.07) is 2.38. The largest absolute Gasteiger partial charge is 0.422 e. The Kier molecular flexibility index (Phi) is 4.98. The lowest BCUT2D eigenvalue weighted by Gasteiger charge is -2.20. The van der Waals surface area contributed by atoms with Crippen LogP contribution >= 0.6 is 23.2 Å². The maximum atomic E-state index is 13.5. The van der Waals surface area contributed by atoms with E-state index < -0.39 is 33.8 Å². The Morgan fingerprint density at radius 3 is 2.55 bits per heavy atom. The van der Waals surface area contributed by atoms with Crippen LogP contribution in [0.2, 0.25) is 0 Å². The highest BCUT2D eigenvalue weighted by atomic mass is 35.5. The maximum Gasteiger partial charge on any atom is 0.346 e. The fraction of sp³-hybridized carbons (Fsp3) is 0.200. The Morgan fingerprint density at radius 1 is 1.23 bits per heavy atom. The van der Waals surface area contributed by atoms with Crippen LogP contribution in [0.3, 0.4) is 0 Å². The molecule has 1 aromatic rings. The van der Waals surface area contributed by atoms with Crippen molar-refractivity contribution in [2.24, 2.45) is 5.92 Å². The molecule has 0 aliphatic heterocycles. The van der Waals surface area contributed by atoms with Crippen LogP contribution in [0.25, 0.3) is 0 Å². The molecule has 0 radical (unpaired) electrons. The topological polar surface area (TPSA) is 43.4 Å². The van der Waals surface area contributed by atoms with Crippen molar-refractivity contribution >= 4 is 34.4 Å². The van der Waals surface area contributed by atoms with Crippen molar-refractivity contribution in [3.8, 4) is 0 Å². The lowest BCUT2D eigenvalue weighted by Crippen LogP contribution is -2.19. The Hall–Kier alpha value is -1.72. The molecule has 2 atom stereocenters. The van der Waals surface area contributed by atoms with Gasteiger partial charge in [0.05, 0.1) is 16.5 Å². The van der Waals surface area contributed by atoms with Crippen LogP contribution < -0.4 is 0 Å². The normalized spacial score (nSPS) is 21.0. The first-order valence-corrected chi connectivity index (χ1v) is 7.06. The zero-order valence-corrected chi connectivity index (χ0v) is 12.8. The molecule has 1 aliphatic rings. The fourth-order valence-corrected chi connectivity index (χ4v) is 2.23. The van der Waals surface area contributed by atoms with Gasteiger partial charge in [-0.2, -0.15) is 0 Å². The van der Waals surface area contributed by atoms with Crippen LogP contribution in [0, 0.1) is 17.6 Å². The van der Waals surface area contributed by atoms with E-state index in [0.717, 1.165) is 12.1 Å². The van der Waals surface area contributed by atoms with Crippen LogP contribution in [0.1, 0.15) is 17.3 Å². The van der Waals surface area contributed by atoms with Crippen molar-refractivity contribution in [1.82, 2.24) is 0 Å². The Bertz CT molecular complexity index is 698. The zero-order valence-electron chi connectivity index (χ0n) is 11.3. The summed E-state index contributed by atoms with van der Waals surface area (Å²) in [5, 5.41) is -1.37. The van der Waals surface area contributed by atoms with E-state index in [-0.39, 0.29) is 17.3 Å². The molecule has 116 valence electrons. The molecule has 0 fully saturated rings. The molecule has 22 heavy (non-hydrogen) atoms. The van der Waals surface area contributed by atoms with Crippen LogP contribution in [0.4, 0.5) is 8.78 Å². The summed E-state index contributed by atoms with van der Waals surface area (Å²) in [6.45, 7) is 1.75. The number of allylic oxidation sites excluding steroid dienone is 3. The van der Waals surface area contributed by atoms with Gasteiger partial charge in [-0.05, 0) is 41.8 Å². The Labute approximate surface area is 135 Å². The van der Waals surface area contributed by atoms with Gasteiger partial charge in [-0.3, -0.25) is 4.79 Å². The Balaban J connectivity index is 2.30. The van der Waals surface area contributed by atoms with Gasteiger partial charge in [0, 0.05) is 0 Å². The van der Waals surface area contributed by atoms with E-state index in [1.807, 2.05) is 0 Å². The Morgan fingerprint density at radius 2 is 1.91 bits per heavy atom. The predicted molar refractivity (Wildman–Crippen MR) is 77.6 cm³/mol. The lowest BCUT2D eigenvalue weighted by atomic mass is 9.96. The molecule has 0 heterocycles.